The maximum absolute atomic E-state index is 11.4. The van der Waals surface area contributed by atoms with Gasteiger partial charge in [-0.25, -0.2) is 0 Å². The first kappa shape index (κ1) is 11.5. The third-order valence-electron chi connectivity index (χ3n) is 4.30. The molecule has 0 bridgehead atoms. The van der Waals surface area contributed by atoms with E-state index in [0.29, 0.717) is 12.3 Å². The molecule has 2 aromatic carbocycles. The quantitative estimate of drug-likeness (QED) is 0.830. The predicted molar refractivity (Wildman–Crippen MR) is 81.5 cm³/mol. The third-order valence-corrected chi connectivity index (χ3v) is 4.30. The molecule has 1 heterocycles. The molecule has 0 spiro atoms. The Labute approximate surface area is 118 Å². The molecule has 1 amide bonds. The summed E-state index contributed by atoms with van der Waals surface area (Å²) in [5.74, 6) is 0.503. The zero-order chi connectivity index (χ0) is 13.7. The second-order valence-electron chi connectivity index (χ2n) is 5.55. The lowest BCUT2D eigenvalue weighted by Gasteiger charge is -2.12. The van der Waals surface area contributed by atoms with Crippen molar-refractivity contribution in [2.45, 2.75) is 19.3 Å². The van der Waals surface area contributed by atoms with Gasteiger partial charge in [-0.1, -0.05) is 43.3 Å². The molecule has 1 aliphatic carbocycles. The fraction of sp³-hybridized carbons (Fsp3) is 0.167. The van der Waals surface area contributed by atoms with Crippen molar-refractivity contribution in [3.63, 3.8) is 0 Å². The van der Waals surface area contributed by atoms with Crippen LogP contribution in [0.1, 0.15) is 35.1 Å². The molecule has 2 heteroatoms. The first-order valence-electron chi connectivity index (χ1n) is 6.96. The number of carbonyl (C=O) groups is 1. The molecular weight excluding hydrogens is 246 g/mol. The van der Waals surface area contributed by atoms with E-state index in [9.17, 15) is 4.79 Å². The molecule has 20 heavy (non-hydrogen) atoms. The number of benzene rings is 2. The van der Waals surface area contributed by atoms with Crippen molar-refractivity contribution in [2.75, 3.05) is 5.32 Å². The van der Waals surface area contributed by atoms with Gasteiger partial charge in [0.1, 0.15) is 0 Å². The van der Waals surface area contributed by atoms with Crippen molar-refractivity contribution >= 4 is 23.2 Å². The number of hydrogen-bond acceptors (Lipinski definition) is 1. The summed E-state index contributed by atoms with van der Waals surface area (Å²) in [6.45, 7) is 2.24. The first-order chi connectivity index (χ1) is 9.72. The number of amides is 1. The lowest BCUT2D eigenvalue weighted by molar-refractivity contribution is -0.115. The van der Waals surface area contributed by atoms with Crippen LogP contribution in [0.4, 0.5) is 5.69 Å². The Morgan fingerprint density at radius 1 is 1.15 bits per heavy atom. The summed E-state index contributed by atoms with van der Waals surface area (Å²) in [6, 6.07) is 14.8. The van der Waals surface area contributed by atoms with Crippen LogP contribution in [-0.2, 0) is 11.2 Å². The van der Waals surface area contributed by atoms with Crippen LogP contribution >= 0.6 is 0 Å². The van der Waals surface area contributed by atoms with E-state index in [0.717, 1.165) is 11.3 Å². The summed E-state index contributed by atoms with van der Waals surface area (Å²) in [4.78, 5) is 11.4. The number of nitrogens with one attached hydrogen (secondary N) is 1. The van der Waals surface area contributed by atoms with E-state index < -0.39 is 0 Å². The number of allylic oxidation sites excluding steroid dienone is 1. The second-order valence-corrected chi connectivity index (χ2v) is 5.55. The largest absolute Gasteiger partial charge is 0.326 e. The van der Waals surface area contributed by atoms with Crippen molar-refractivity contribution in [3.05, 3.63) is 64.7 Å². The molecule has 0 saturated carbocycles. The van der Waals surface area contributed by atoms with Crippen LogP contribution in [0.25, 0.3) is 11.6 Å². The Morgan fingerprint density at radius 3 is 2.85 bits per heavy atom. The van der Waals surface area contributed by atoms with Crippen molar-refractivity contribution < 1.29 is 4.79 Å². The summed E-state index contributed by atoms with van der Waals surface area (Å²) >= 11 is 0. The molecule has 0 fully saturated rings. The summed E-state index contributed by atoms with van der Waals surface area (Å²) in [6.07, 6.45) is 2.77. The van der Waals surface area contributed by atoms with Gasteiger partial charge >= 0.3 is 0 Å². The highest BCUT2D eigenvalue weighted by molar-refractivity contribution is 6.00. The SMILES string of the molecule is CC1C(c2ccc3c(c2)CC(=O)N3)=Cc2ccccc21. The van der Waals surface area contributed by atoms with Gasteiger partial charge in [-0.15, -0.1) is 0 Å². The van der Waals surface area contributed by atoms with Gasteiger partial charge in [-0.3, -0.25) is 4.79 Å². The Bertz CT molecular complexity index is 758. The fourth-order valence-corrected chi connectivity index (χ4v) is 3.24. The average Bonchev–Trinajstić information content (AvgIpc) is 2.98. The molecule has 98 valence electrons. The van der Waals surface area contributed by atoms with Gasteiger partial charge in [0.05, 0.1) is 6.42 Å². The van der Waals surface area contributed by atoms with E-state index in [4.69, 9.17) is 0 Å². The van der Waals surface area contributed by atoms with E-state index in [1.54, 1.807) is 0 Å². The monoisotopic (exact) mass is 261 g/mol. The summed E-state index contributed by atoms with van der Waals surface area (Å²) in [5, 5.41) is 2.89. The number of fused-ring (bicyclic) bond motifs is 2. The van der Waals surface area contributed by atoms with Crippen molar-refractivity contribution in [2.24, 2.45) is 0 Å². The molecule has 1 N–H and O–H groups in total. The predicted octanol–water partition coefficient (Wildman–Crippen LogP) is 3.84. The molecule has 1 unspecified atom stereocenters. The molecule has 0 radical (unpaired) electrons. The number of anilines is 1. The Kier molecular flexibility index (Phi) is 2.34. The number of carbonyl (C=O) groups excluding carboxylic acids is 1. The van der Waals surface area contributed by atoms with E-state index >= 15 is 0 Å². The van der Waals surface area contributed by atoms with Crippen LogP contribution in [0.2, 0.25) is 0 Å². The van der Waals surface area contributed by atoms with Gasteiger partial charge in [-0.2, -0.15) is 0 Å². The lowest BCUT2D eigenvalue weighted by atomic mass is 9.92. The first-order valence-corrected chi connectivity index (χ1v) is 6.96. The smallest absolute Gasteiger partial charge is 0.228 e. The number of hydrogen-bond donors (Lipinski definition) is 1. The highest BCUT2D eigenvalue weighted by Crippen LogP contribution is 2.42. The van der Waals surface area contributed by atoms with E-state index in [1.165, 1.54) is 22.3 Å². The van der Waals surface area contributed by atoms with Gasteiger partial charge in [0, 0.05) is 11.6 Å². The van der Waals surface area contributed by atoms with Gasteiger partial charge in [0.25, 0.3) is 0 Å². The molecule has 2 nitrogen and oxygen atoms in total. The Balaban J connectivity index is 1.77. The van der Waals surface area contributed by atoms with Crippen LogP contribution in [0, 0.1) is 0 Å². The lowest BCUT2D eigenvalue weighted by Crippen LogP contribution is -2.03. The van der Waals surface area contributed by atoms with Crippen molar-refractivity contribution in [3.8, 4) is 0 Å². The summed E-state index contributed by atoms with van der Waals surface area (Å²) in [7, 11) is 0. The van der Waals surface area contributed by atoms with Crippen LogP contribution in [-0.4, -0.2) is 5.91 Å². The van der Waals surface area contributed by atoms with Crippen LogP contribution in [0.15, 0.2) is 42.5 Å². The maximum atomic E-state index is 11.4. The second kappa shape index (κ2) is 4.07. The Hall–Kier alpha value is -2.35. The van der Waals surface area contributed by atoms with Crippen LogP contribution in [0.3, 0.4) is 0 Å². The summed E-state index contributed by atoms with van der Waals surface area (Å²) < 4.78 is 0. The molecule has 1 aliphatic heterocycles. The minimum atomic E-state index is 0.0916. The van der Waals surface area contributed by atoms with Gasteiger partial charge < -0.3 is 5.32 Å². The van der Waals surface area contributed by atoms with Gasteiger partial charge in [0.2, 0.25) is 5.91 Å². The topological polar surface area (TPSA) is 29.1 Å². The number of rotatable bonds is 1. The molecule has 0 aromatic heterocycles. The van der Waals surface area contributed by atoms with E-state index in [-0.39, 0.29) is 5.91 Å². The van der Waals surface area contributed by atoms with Gasteiger partial charge in [-0.05, 0) is 40.0 Å². The van der Waals surface area contributed by atoms with Gasteiger partial charge in [0.15, 0.2) is 0 Å². The minimum absolute atomic E-state index is 0.0916. The minimum Gasteiger partial charge on any atom is -0.326 e. The molecule has 4 rings (SSSR count). The van der Waals surface area contributed by atoms with E-state index in [2.05, 4.69) is 54.7 Å². The highest BCUT2D eigenvalue weighted by atomic mass is 16.1. The fourth-order valence-electron chi connectivity index (χ4n) is 3.24. The molecule has 2 aromatic rings. The third kappa shape index (κ3) is 1.61. The standard InChI is InChI=1S/C18H15NO/c1-11-15-5-3-2-4-12(15)9-16(11)13-6-7-17-14(8-13)10-18(20)19-17/h2-9,11H,10H2,1H3,(H,19,20). The zero-order valence-electron chi connectivity index (χ0n) is 11.3. The zero-order valence-corrected chi connectivity index (χ0v) is 11.3. The molecular formula is C18H15NO. The van der Waals surface area contributed by atoms with Crippen molar-refractivity contribution in [1.82, 2.24) is 0 Å². The molecule has 2 aliphatic rings. The molecule has 0 saturated heterocycles. The summed E-state index contributed by atoms with van der Waals surface area (Å²) in [5.41, 5.74) is 7.33. The normalized spacial score (nSPS) is 19.4. The molecule has 1 atom stereocenters. The van der Waals surface area contributed by atoms with Crippen LogP contribution < -0.4 is 5.32 Å². The Morgan fingerprint density at radius 2 is 2.00 bits per heavy atom. The highest BCUT2D eigenvalue weighted by Gasteiger charge is 2.24. The average molecular weight is 261 g/mol. The maximum Gasteiger partial charge on any atom is 0.228 e. The van der Waals surface area contributed by atoms with E-state index in [1.807, 2.05) is 6.07 Å². The van der Waals surface area contributed by atoms with Crippen LogP contribution in [0.5, 0.6) is 0 Å². The van der Waals surface area contributed by atoms with Crippen molar-refractivity contribution in [1.29, 1.82) is 0 Å².